The van der Waals surface area contributed by atoms with E-state index >= 15 is 0 Å². The van der Waals surface area contributed by atoms with Crippen molar-refractivity contribution in [2.75, 3.05) is 14.2 Å². The highest BCUT2D eigenvalue weighted by atomic mass is 79.9. The molecule has 1 aromatic heterocycles. The molecule has 21 heavy (non-hydrogen) atoms. The van der Waals surface area contributed by atoms with E-state index in [9.17, 15) is 5.11 Å². The summed E-state index contributed by atoms with van der Waals surface area (Å²) in [6.07, 6.45) is 0.840. The van der Waals surface area contributed by atoms with E-state index in [0.29, 0.717) is 29.3 Å². The van der Waals surface area contributed by atoms with Gasteiger partial charge in [-0.15, -0.1) is 0 Å². The molecule has 0 amide bonds. The van der Waals surface area contributed by atoms with Crippen LogP contribution in [0.2, 0.25) is 0 Å². The smallest absolute Gasteiger partial charge is 0.161 e. The summed E-state index contributed by atoms with van der Waals surface area (Å²) in [4.78, 5) is 0. The third-order valence-corrected chi connectivity index (χ3v) is 4.49. The fourth-order valence-corrected chi connectivity index (χ4v) is 3.17. The highest BCUT2D eigenvalue weighted by Gasteiger charge is 2.23. The van der Waals surface area contributed by atoms with Gasteiger partial charge in [0.05, 0.1) is 30.6 Å². The molecule has 2 aromatic rings. The fourth-order valence-electron chi connectivity index (χ4n) is 2.12. The molecule has 0 aliphatic heterocycles. The summed E-state index contributed by atoms with van der Waals surface area (Å²) < 4.78 is 13.8. The molecule has 1 atom stereocenters. The van der Waals surface area contributed by atoms with Crippen molar-refractivity contribution in [1.82, 2.24) is 9.78 Å². The number of methoxy groups -OCH3 is 2. The first-order chi connectivity index (χ1) is 10.0. The first-order valence-corrected chi connectivity index (χ1v) is 7.92. The van der Waals surface area contributed by atoms with Crippen LogP contribution in [-0.2, 0) is 6.54 Å². The number of ether oxygens (including phenoxy) is 2. The van der Waals surface area contributed by atoms with Crippen LogP contribution in [0, 0.1) is 0 Å². The highest BCUT2D eigenvalue weighted by molar-refractivity contribution is 9.10. The zero-order valence-corrected chi connectivity index (χ0v) is 15.1. The second-order valence-corrected chi connectivity index (χ2v) is 6.03. The van der Waals surface area contributed by atoms with Gasteiger partial charge in [0.25, 0.3) is 0 Å². The van der Waals surface area contributed by atoms with Gasteiger partial charge >= 0.3 is 0 Å². The van der Waals surface area contributed by atoms with Crippen LogP contribution in [0.3, 0.4) is 0 Å². The average molecular weight is 420 g/mol. The minimum atomic E-state index is -0.837. The van der Waals surface area contributed by atoms with Crippen molar-refractivity contribution in [3.05, 3.63) is 38.5 Å². The summed E-state index contributed by atoms with van der Waals surface area (Å²) in [5.41, 5.74) is 1.38. The van der Waals surface area contributed by atoms with Gasteiger partial charge in [-0.1, -0.05) is 15.9 Å². The number of benzene rings is 1. The molecule has 1 heterocycles. The minimum absolute atomic E-state index is 0.563. The van der Waals surface area contributed by atoms with E-state index in [2.05, 4.69) is 37.0 Å². The number of hydrogen-bond donors (Lipinski definition) is 1. The quantitative estimate of drug-likeness (QED) is 0.805. The predicted octanol–water partition coefficient (Wildman–Crippen LogP) is 3.53. The highest BCUT2D eigenvalue weighted by Crippen LogP contribution is 2.39. The van der Waals surface area contributed by atoms with Crippen LogP contribution in [0.4, 0.5) is 0 Å². The Morgan fingerprint density at radius 2 is 1.81 bits per heavy atom. The maximum absolute atomic E-state index is 10.7. The Kier molecular flexibility index (Phi) is 5.29. The first kappa shape index (κ1) is 16.3. The molecular formula is C14H16Br2N2O3. The lowest BCUT2D eigenvalue weighted by Crippen LogP contribution is -2.10. The standard InChI is InChI=1S/C14H16Br2N2O3/c1-4-18-13(10(16)7-17-18)14(19)8-5-11(20-2)12(21-3)6-9(8)15/h5-7,14,19H,4H2,1-3H3. The number of hydrogen-bond acceptors (Lipinski definition) is 4. The van der Waals surface area contributed by atoms with Crippen LogP contribution in [-0.4, -0.2) is 29.1 Å². The van der Waals surface area contributed by atoms with Crippen LogP contribution >= 0.6 is 31.9 Å². The Balaban J connectivity index is 2.52. The molecule has 2 rings (SSSR count). The molecule has 0 saturated heterocycles. The van der Waals surface area contributed by atoms with Crippen molar-refractivity contribution in [3.63, 3.8) is 0 Å². The molecule has 0 aliphatic carbocycles. The molecule has 5 nitrogen and oxygen atoms in total. The molecule has 7 heteroatoms. The van der Waals surface area contributed by atoms with E-state index in [1.807, 2.05) is 6.92 Å². The van der Waals surface area contributed by atoms with Gasteiger partial charge < -0.3 is 14.6 Å². The van der Waals surface area contributed by atoms with Crippen molar-refractivity contribution < 1.29 is 14.6 Å². The number of rotatable bonds is 5. The van der Waals surface area contributed by atoms with E-state index in [1.165, 1.54) is 0 Å². The van der Waals surface area contributed by atoms with E-state index in [1.54, 1.807) is 37.2 Å². The van der Waals surface area contributed by atoms with Crippen molar-refractivity contribution >= 4 is 31.9 Å². The lowest BCUT2D eigenvalue weighted by Gasteiger charge is -2.17. The largest absolute Gasteiger partial charge is 0.493 e. The molecular weight excluding hydrogens is 404 g/mol. The van der Waals surface area contributed by atoms with Crippen LogP contribution in [0.25, 0.3) is 0 Å². The van der Waals surface area contributed by atoms with Gasteiger partial charge in [0.1, 0.15) is 6.10 Å². The monoisotopic (exact) mass is 418 g/mol. The fraction of sp³-hybridized carbons (Fsp3) is 0.357. The lowest BCUT2D eigenvalue weighted by atomic mass is 10.1. The van der Waals surface area contributed by atoms with Gasteiger partial charge in [-0.25, -0.2) is 0 Å². The number of nitrogens with zero attached hydrogens (tertiary/aromatic N) is 2. The molecule has 0 radical (unpaired) electrons. The molecule has 1 unspecified atom stereocenters. The summed E-state index contributed by atoms with van der Waals surface area (Å²) >= 11 is 6.90. The average Bonchev–Trinajstić information content (AvgIpc) is 2.87. The number of aryl methyl sites for hydroxylation is 1. The second kappa shape index (κ2) is 6.81. The minimum Gasteiger partial charge on any atom is -0.493 e. The van der Waals surface area contributed by atoms with Gasteiger partial charge in [0, 0.05) is 16.6 Å². The Labute approximate surface area is 140 Å². The maximum Gasteiger partial charge on any atom is 0.161 e. The van der Waals surface area contributed by atoms with Gasteiger partial charge in [-0.2, -0.15) is 5.10 Å². The van der Waals surface area contributed by atoms with Crippen molar-refractivity contribution in [2.24, 2.45) is 0 Å². The SMILES string of the molecule is CCn1ncc(Br)c1C(O)c1cc(OC)c(OC)cc1Br. The first-order valence-electron chi connectivity index (χ1n) is 6.34. The number of aromatic nitrogens is 2. The molecule has 1 N–H and O–H groups in total. The Morgan fingerprint density at radius 1 is 1.19 bits per heavy atom. The summed E-state index contributed by atoms with van der Waals surface area (Å²) in [5.74, 6) is 1.16. The van der Waals surface area contributed by atoms with Crippen LogP contribution in [0.1, 0.15) is 24.3 Å². The van der Waals surface area contributed by atoms with E-state index in [-0.39, 0.29) is 0 Å². The van der Waals surface area contributed by atoms with Crippen LogP contribution < -0.4 is 9.47 Å². The Hall–Kier alpha value is -1.05. The second-order valence-electron chi connectivity index (χ2n) is 4.32. The van der Waals surface area contributed by atoms with E-state index < -0.39 is 6.10 Å². The summed E-state index contributed by atoms with van der Waals surface area (Å²) in [7, 11) is 3.14. The van der Waals surface area contributed by atoms with Crippen molar-refractivity contribution in [2.45, 2.75) is 19.6 Å². The number of halogens is 2. The van der Waals surface area contributed by atoms with E-state index in [0.717, 1.165) is 8.95 Å². The third-order valence-electron chi connectivity index (χ3n) is 3.19. The van der Waals surface area contributed by atoms with Gasteiger partial charge in [0.15, 0.2) is 11.5 Å². The number of aliphatic hydroxyl groups excluding tert-OH is 1. The molecule has 0 saturated carbocycles. The molecule has 1 aromatic carbocycles. The van der Waals surface area contributed by atoms with Crippen LogP contribution in [0.5, 0.6) is 11.5 Å². The lowest BCUT2D eigenvalue weighted by molar-refractivity contribution is 0.205. The van der Waals surface area contributed by atoms with Crippen molar-refractivity contribution in [1.29, 1.82) is 0 Å². The van der Waals surface area contributed by atoms with Gasteiger partial charge in [-0.05, 0) is 35.0 Å². The zero-order valence-electron chi connectivity index (χ0n) is 11.9. The van der Waals surface area contributed by atoms with E-state index in [4.69, 9.17) is 9.47 Å². The molecule has 114 valence electrons. The normalized spacial score (nSPS) is 12.3. The summed E-state index contributed by atoms with van der Waals surface area (Å²) in [6, 6.07) is 3.53. The predicted molar refractivity (Wildman–Crippen MR) is 86.9 cm³/mol. The molecule has 0 bridgehead atoms. The zero-order chi connectivity index (χ0) is 15.6. The van der Waals surface area contributed by atoms with Crippen LogP contribution in [0.15, 0.2) is 27.3 Å². The molecule has 0 fully saturated rings. The summed E-state index contributed by atoms with van der Waals surface area (Å²) in [5, 5.41) is 14.9. The Morgan fingerprint density at radius 3 is 2.38 bits per heavy atom. The molecule has 0 spiro atoms. The summed E-state index contributed by atoms with van der Waals surface area (Å²) in [6.45, 7) is 2.64. The van der Waals surface area contributed by atoms with Gasteiger partial charge in [-0.3, -0.25) is 4.68 Å². The molecule has 0 aliphatic rings. The van der Waals surface area contributed by atoms with Crippen molar-refractivity contribution in [3.8, 4) is 11.5 Å². The maximum atomic E-state index is 10.7. The third kappa shape index (κ3) is 3.09. The van der Waals surface area contributed by atoms with Gasteiger partial charge in [0.2, 0.25) is 0 Å². The number of aliphatic hydroxyl groups is 1. The topological polar surface area (TPSA) is 56.5 Å². The Bertz CT molecular complexity index is 643.